The van der Waals surface area contributed by atoms with Crippen LogP contribution >= 0.6 is 0 Å². The van der Waals surface area contributed by atoms with Crippen molar-refractivity contribution in [2.45, 2.75) is 32.6 Å². The van der Waals surface area contributed by atoms with Crippen molar-refractivity contribution in [3.05, 3.63) is 71.8 Å². The fourth-order valence-electron chi connectivity index (χ4n) is 2.46. The van der Waals surface area contributed by atoms with Gasteiger partial charge in [0.25, 0.3) is 0 Å². The van der Waals surface area contributed by atoms with Gasteiger partial charge >= 0.3 is 5.97 Å². The van der Waals surface area contributed by atoms with Gasteiger partial charge in [0.2, 0.25) is 0 Å². The Bertz CT molecular complexity index is 501. The zero-order valence-electron chi connectivity index (χ0n) is 14.0. The fourth-order valence-corrected chi connectivity index (χ4v) is 2.46. The SMILES string of the molecule is CC.O=C(O)CCNCCC(c1ccccc1)c1ccccc1. The van der Waals surface area contributed by atoms with Crippen LogP contribution in [0.2, 0.25) is 0 Å². The molecular formula is C20H27NO2. The summed E-state index contributed by atoms with van der Waals surface area (Å²) in [5, 5.41) is 11.8. The molecule has 3 nitrogen and oxygen atoms in total. The summed E-state index contributed by atoms with van der Waals surface area (Å²) in [5.74, 6) is -0.421. The fraction of sp³-hybridized carbons (Fsp3) is 0.350. The lowest BCUT2D eigenvalue weighted by Crippen LogP contribution is -2.21. The van der Waals surface area contributed by atoms with Crippen molar-refractivity contribution in [3.63, 3.8) is 0 Å². The van der Waals surface area contributed by atoms with E-state index in [0.717, 1.165) is 13.0 Å². The van der Waals surface area contributed by atoms with Gasteiger partial charge in [-0.1, -0.05) is 74.5 Å². The van der Waals surface area contributed by atoms with E-state index < -0.39 is 5.97 Å². The Labute approximate surface area is 139 Å². The summed E-state index contributed by atoms with van der Waals surface area (Å²) in [6, 6.07) is 20.9. The van der Waals surface area contributed by atoms with Crippen molar-refractivity contribution >= 4 is 5.97 Å². The van der Waals surface area contributed by atoms with Crippen LogP contribution in [0.5, 0.6) is 0 Å². The molecule has 0 saturated carbocycles. The quantitative estimate of drug-likeness (QED) is 0.714. The maximum atomic E-state index is 10.5. The Hall–Kier alpha value is -2.13. The van der Waals surface area contributed by atoms with Crippen molar-refractivity contribution in [2.24, 2.45) is 0 Å². The molecule has 0 saturated heterocycles. The molecule has 23 heavy (non-hydrogen) atoms. The highest BCUT2D eigenvalue weighted by Gasteiger charge is 2.13. The van der Waals surface area contributed by atoms with Gasteiger partial charge < -0.3 is 10.4 Å². The number of carboxylic acid groups (broad SMARTS) is 1. The molecule has 0 radical (unpaired) electrons. The normalized spacial score (nSPS) is 10.0. The van der Waals surface area contributed by atoms with Crippen LogP contribution in [0.4, 0.5) is 0 Å². The van der Waals surface area contributed by atoms with Gasteiger partial charge in [0, 0.05) is 12.5 Å². The van der Waals surface area contributed by atoms with Crippen molar-refractivity contribution in [3.8, 4) is 0 Å². The summed E-state index contributed by atoms with van der Waals surface area (Å²) in [7, 11) is 0. The zero-order valence-corrected chi connectivity index (χ0v) is 14.0. The molecule has 0 aliphatic rings. The maximum Gasteiger partial charge on any atom is 0.304 e. The second-order valence-electron chi connectivity index (χ2n) is 5.06. The van der Waals surface area contributed by atoms with Crippen molar-refractivity contribution in [1.29, 1.82) is 0 Å². The first kappa shape index (κ1) is 18.9. The lowest BCUT2D eigenvalue weighted by atomic mass is 9.88. The van der Waals surface area contributed by atoms with Crippen molar-refractivity contribution in [1.82, 2.24) is 5.32 Å². The lowest BCUT2D eigenvalue weighted by Gasteiger charge is -2.18. The number of rotatable bonds is 8. The third-order valence-corrected chi connectivity index (χ3v) is 3.53. The summed E-state index contributed by atoms with van der Waals surface area (Å²) in [6.07, 6.45) is 1.12. The molecular weight excluding hydrogens is 286 g/mol. The molecule has 0 aromatic heterocycles. The third-order valence-electron chi connectivity index (χ3n) is 3.53. The van der Waals surface area contributed by atoms with Gasteiger partial charge in [-0.25, -0.2) is 0 Å². The van der Waals surface area contributed by atoms with E-state index in [2.05, 4.69) is 53.8 Å². The molecule has 0 atom stereocenters. The standard InChI is InChI=1S/C18H21NO2.C2H6/c20-18(21)12-14-19-13-11-17(15-7-3-1-4-8-15)16-9-5-2-6-10-16;1-2/h1-10,17,19H,11-14H2,(H,20,21);1-2H3. The molecule has 0 aliphatic carbocycles. The van der Waals surface area contributed by atoms with E-state index in [4.69, 9.17) is 5.11 Å². The molecule has 2 aromatic rings. The van der Waals surface area contributed by atoms with E-state index >= 15 is 0 Å². The molecule has 0 aliphatic heterocycles. The predicted octanol–water partition coefficient (Wildman–Crippen LogP) is 4.30. The third kappa shape index (κ3) is 7.11. The number of aliphatic carboxylic acids is 1. The van der Waals surface area contributed by atoms with E-state index in [1.165, 1.54) is 11.1 Å². The molecule has 0 amide bonds. The predicted molar refractivity (Wildman–Crippen MR) is 95.8 cm³/mol. The molecule has 3 heteroatoms. The van der Waals surface area contributed by atoms with Crippen LogP contribution in [-0.2, 0) is 4.79 Å². The minimum absolute atomic E-state index is 0.168. The Morgan fingerprint density at radius 1 is 0.913 bits per heavy atom. The van der Waals surface area contributed by atoms with Crippen LogP contribution in [0.1, 0.15) is 43.7 Å². The van der Waals surface area contributed by atoms with E-state index in [1.54, 1.807) is 0 Å². The number of benzene rings is 2. The summed E-state index contributed by atoms with van der Waals surface area (Å²) in [4.78, 5) is 10.5. The van der Waals surface area contributed by atoms with Gasteiger partial charge in [-0.2, -0.15) is 0 Å². The number of carboxylic acids is 1. The van der Waals surface area contributed by atoms with Crippen LogP contribution in [0.3, 0.4) is 0 Å². The maximum absolute atomic E-state index is 10.5. The van der Waals surface area contributed by atoms with E-state index in [9.17, 15) is 4.79 Å². The first-order valence-corrected chi connectivity index (χ1v) is 8.30. The Balaban J connectivity index is 0.00000127. The molecule has 2 N–H and O–H groups in total. The highest BCUT2D eigenvalue weighted by molar-refractivity contribution is 5.66. The zero-order chi connectivity index (χ0) is 16.9. The van der Waals surface area contributed by atoms with E-state index in [1.807, 2.05) is 26.0 Å². The smallest absolute Gasteiger partial charge is 0.304 e. The van der Waals surface area contributed by atoms with Crippen LogP contribution < -0.4 is 5.32 Å². The molecule has 0 fully saturated rings. The Morgan fingerprint density at radius 3 is 1.83 bits per heavy atom. The second kappa shape index (κ2) is 11.4. The lowest BCUT2D eigenvalue weighted by molar-refractivity contribution is -0.136. The molecule has 0 bridgehead atoms. The van der Waals surface area contributed by atoms with E-state index in [-0.39, 0.29) is 6.42 Å². The second-order valence-corrected chi connectivity index (χ2v) is 5.06. The average Bonchev–Trinajstić information content (AvgIpc) is 2.61. The van der Waals surface area contributed by atoms with Crippen molar-refractivity contribution < 1.29 is 9.90 Å². The molecule has 0 heterocycles. The van der Waals surface area contributed by atoms with Gasteiger partial charge in [-0.15, -0.1) is 0 Å². The molecule has 2 rings (SSSR count). The topological polar surface area (TPSA) is 49.3 Å². The van der Waals surface area contributed by atoms with Crippen LogP contribution in [0, 0.1) is 0 Å². The van der Waals surface area contributed by atoms with Crippen molar-refractivity contribution in [2.75, 3.05) is 13.1 Å². The number of hydrogen-bond donors (Lipinski definition) is 2. The molecule has 2 aromatic carbocycles. The highest BCUT2D eigenvalue weighted by atomic mass is 16.4. The Morgan fingerprint density at radius 2 is 1.39 bits per heavy atom. The minimum Gasteiger partial charge on any atom is -0.481 e. The first-order valence-electron chi connectivity index (χ1n) is 8.30. The first-order chi connectivity index (χ1) is 11.3. The van der Waals surface area contributed by atoms with Gasteiger partial charge in [0.15, 0.2) is 0 Å². The molecule has 124 valence electrons. The highest BCUT2D eigenvalue weighted by Crippen LogP contribution is 2.27. The van der Waals surface area contributed by atoms with Crippen LogP contribution in [0.25, 0.3) is 0 Å². The summed E-state index contributed by atoms with van der Waals surface area (Å²) >= 11 is 0. The monoisotopic (exact) mass is 313 g/mol. The van der Waals surface area contributed by atoms with Crippen LogP contribution in [-0.4, -0.2) is 24.2 Å². The minimum atomic E-state index is -0.759. The number of carbonyl (C=O) groups is 1. The van der Waals surface area contributed by atoms with Gasteiger partial charge in [0.05, 0.1) is 6.42 Å². The number of nitrogens with one attached hydrogen (secondary N) is 1. The molecule has 0 unspecified atom stereocenters. The van der Waals surface area contributed by atoms with Crippen LogP contribution in [0.15, 0.2) is 60.7 Å². The number of hydrogen-bond acceptors (Lipinski definition) is 2. The summed E-state index contributed by atoms with van der Waals surface area (Å²) < 4.78 is 0. The summed E-state index contributed by atoms with van der Waals surface area (Å²) in [5.41, 5.74) is 2.59. The van der Waals surface area contributed by atoms with Gasteiger partial charge in [-0.05, 0) is 24.1 Å². The largest absolute Gasteiger partial charge is 0.481 e. The molecule has 0 spiro atoms. The van der Waals surface area contributed by atoms with Gasteiger partial charge in [0.1, 0.15) is 0 Å². The Kier molecular flexibility index (Phi) is 9.41. The average molecular weight is 313 g/mol. The van der Waals surface area contributed by atoms with E-state index in [0.29, 0.717) is 12.5 Å². The van der Waals surface area contributed by atoms with Gasteiger partial charge in [-0.3, -0.25) is 4.79 Å². The summed E-state index contributed by atoms with van der Waals surface area (Å²) in [6.45, 7) is 5.33.